The van der Waals surface area contributed by atoms with Crippen LogP contribution in [0.1, 0.15) is 27.4 Å². The number of amides is 1. The number of carbonyl (C=O) groups is 1. The number of rotatable bonds is 6. The first-order chi connectivity index (χ1) is 14.2. The molecular formula is C24H21FN2O2. The van der Waals surface area contributed by atoms with Gasteiger partial charge in [0.15, 0.2) is 11.6 Å². The van der Waals surface area contributed by atoms with Gasteiger partial charge >= 0.3 is 0 Å². The topological polar surface area (TPSA) is 54.1 Å². The molecule has 0 bridgehead atoms. The van der Waals surface area contributed by atoms with Gasteiger partial charge in [0, 0.05) is 35.1 Å². The molecular weight excluding hydrogens is 367 g/mol. The predicted octanol–water partition coefficient (Wildman–Crippen LogP) is 4.88. The molecule has 0 unspecified atom stereocenters. The van der Waals surface area contributed by atoms with E-state index in [1.54, 1.807) is 6.07 Å². The molecule has 29 heavy (non-hydrogen) atoms. The number of H-pyrrole nitrogens is 1. The summed E-state index contributed by atoms with van der Waals surface area (Å²) in [7, 11) is 1.39. The SMILES string of the molecule is COc1ccc(C(=O)NC[C@@H](c2ccccc2)c2c[nH]c3ccccc23)cc1F. The van der Waals surface area contributed by atoms with Crippen LogP contribution < -0.4 is 10.1 Å². The molecule has 1 heterocycles. The lowest BCUT2D eigenvalue weighted by Crippen LogP contribution is -2.29. The Bertz CT molecular complexity index is 1140. The molecule has 0 fully saturated rings. The van der Waals surface area contributed by atoms with Gasteiger partial charge in [0.1, 0.15) is 0 Å². The quantitative estimate of drug-likeness (QED) is 0.495. The Morgan fingerprint density at radius 3 is 2.59 bits per heavy atom. The summed E-state index contributed by atoms with van der Waals surface area (Å²) in [5, 5.41) is 4.07. The van der Waals surface area contributed by atoms with E-state index in [0.29, 0.717) is 6.54 Å². The van der Waals surface area contributed by atoms with Crippen LogP contribution in [0.3, 0.4) is 0 Å². The number of benzene rings is 3. The van der Waals surface area contributed by atoms with Crippen molar-refractivity contribution in [2.45, 2.75) is 5.92 Å². The summed E-state index contributed by atoms with van der Waals surface area (Å²) in [6.07, 6.45) is 1.99. The Morgan fingerprint density at radius 1 is 1.07 bits per heavy atom. The number of ether oxygens (including phenoxy) is 1. The van der Waals surface area contributed by atoms with Crippen LogP contribution in [0.25, 0.3) is 10.9 Å². The molecule has 4 rings (SSSR count). The molecule has 0 saturated carbocycles. The summed E-state index contributed by atoms with van der Waals surface area (Å²) in [6.45, 7) is 0.387. The van der Waals surface area contributed by atoms with E-state index in [0.717, 1.165) is 22.0 Å². The molecule has 0 aliphatic rings. The number of aromatic nitrogens is 1. The second-order valence-electron chi connectivity index (χ2n) is 6.81. The van der Waals surface area contributed by atoms with Crippen molar-refractivity contribution in [2.24, 2.45) is 0 Å². The normalized spacial score (nSPS) is 11.9. The van der Waals surface area contributed by atoms with Gasteiger partial charge in [-0.15, -0.1) is 0 Å². The third kappa shape index (κ3) is 3.85. The lowest BCUT2D eigenvalue weighted by Gasteiger charge is -2.18. The van der Waals surface area contributed by atoms with E-state index in [9.17, 15) is 9.18 Å². The van der Waals surface area contributed by atoms with E-state index in [-0.39, 0.29) is 23.1 Å². The van der Waals surface area contributed by atoms with E-state index >= 15 is 0 Å². The second-order valence-corrected chi connectivity index (χ2v) is 6.81. The van der Waals surface area contributed by atoms with Crippen LogP contribution in [0.4, 0.5) is 4.39 Å². The molecule has 0 aliphatic heterocycles. The van der Waals surface area contributed by atoms with Gasteiger partial charge in [-0.25, -0.2) is 4.39 Å². The number of hydrogen-bond acceptors (Lipinski definition) is 2. The van der Waals surface area contributed by atoms with Crippen LogP contribution in [-0.4, -0.2) is 24.5 Å². The molecule has 2 N–H and O–H groups in total. The van der Waals surface area contributed by atoms with E-state index in [2.05, 4.69) is 16.4 Å². The summed E-state index contributed by atoms with van der Waals surface area (Å²) in [4.78, 5) is 15.9. The highest BCUT2D eigenvalue weighted by atomic mass is 19.1. The van der Waals surface area contributed by atoms with Gasteiger partial charge in [-0.2, -0.15) is 0 Å². The zero-order chi connectivity index (χ0) is 20.2. The van der Waals surface area contributed by atoms with Crippen LogP contribution in [0.15, 0.2) is 79.0 Å². The summed E-state index contributed by atoms with van der Waals surface area (Å²) < 4.78 is 18.9. The molecule has 1 amide bonds. The maximum atomic E-state index is 14.0. The number of halogens is 1. The van der Waals surface area contributed by atoms with Gasteiger partial charge in [0.25, 0.3) is 5.91 Å². The smallest absolute Gasteiger partial charge is 0.251 e. The lowest BCUT2D eigenvalue weighted by atomic mass is 9.91. The van der Waals surface area contributed by atoms with Gasteiger partial charge in [-0.3, -0.25) is 4.79 Å². The molecule has 0 saturated heterocycles. The van der Waals surface area contributed by atoms with Crippen molar-refractivity contribution in [2.75, 3.05) is 13.7 Å². The minimum Gasteiger partial charge on any atom is -0.494 e. The highest BCUT2D eigenvalue weighted by Crippen LogP contribution is 2.30. The van der Waals surface area contributed by atoms with Crippen molar-refractivity contribution in [1.29, 1.82) is 0 Å². The maximum Gasteiger partial charge on any atom is 0.251 e. The fraction of sp³-hybridized carbons (Fsp3) is 0.125. The number of hydrogen-bond donors (Lipinski definition) is 2. The average molecular weight is 388 g/mol. The third-order valence-corrected chi connectivity index (χ3v) is 5.08. The number of aromatic amines is 1. The van der Waals surface area contributed by atoms with E-state index < -0.39 is 5.82 Å². The summed E-state index contributed by atoms with van der Waals surface area (Å²) >= 11 is 0. The van der Waals surface area contributed by atoms with Gasteiger partial charge in [-0.05, 0) is 35.4 Å². The van der Waals surface area contributed by atoms with Crippen molar-refractivity contribution in [1.82, 2.24) is 10.3 Å². The van der Waals surface area contributed by atoms with Gasteiger partial charge in [0.2, 0.25) is 0 Å². The molecule has 1 aromatic heterocycles. The van der Waals surface area contributed by atoms with Crippen molar-refractivity contribution in [3.8, 4) is 5.75 Å². The predicted molar refractivity (Wildman–Crippen MR) is 112 cm³/mol. The number of carbonyl (C=O) groups excluding carboxylic acids is 1. The largest absolute Gasteiger partial charge is 0.494 e. The molecule has 5 heteroatoms. The minimum absolute atomic E-state index is 0.0422. The van der Waals surface area contributed by atoms with Gasteiger partial charge in [0.05, 0.1) is 7.11 Å². The molecule has 0 radical (unpaired) electrons. The summed E-state index contributed by atoms with van der Waals surface area (Å²) in [5.41, 5.74) is 3.51. The molecule has 3 aromatic carbocycles. The Kier molecular flexibility index (Phi) is 5.29. The molecule has 4 aromatic rings. The van der Waals surface area contributed by atoms with Crippen molar-refractivity contribution in [3.63, 3.8) is 0 Å². The molecule has 1 atom stereocenters. The van der Waals surface area contributed by atoms with E-state index in [1.165, 1.54) is 19.2 Å². The summed E-state index contributed by atoms with van der Waals surface area (Å²) in [6, 6.07) is 22.3. The van der Waals surface area contributed by atoms with Gasteiger partial charge in [-0.1, -0.05) is 48.5 Å². The maximum absolute atomic E-state index is 14.0. The number of para-hydroxylation sites is 1. The highest BCUT2D eigenvalue weighted by molar-refractivity contribution is 5.94. The standard InChI is InChI=1S/C24H21FN2O2/c1-29-23-12-11-17(13-21(23)25)24(28)27-14-19(16-7-3-2-4-8-16)20-15-26-22-10-6-5-9-18(20)22/h2-13,15,19,26H,14H2,1H3,(H,27,28)/t19-/m0/s1. The fourth-order valence-corrected chi connectivity index (χ4v) is 3.58. The van der Waals surface area contributed by atoms with Crippen molar-refractivity contribution < 1.29 is 13.9 Å². The van der Waals surface area contributed by atoms with E-state index in [4.69, 9.17) is 4.74 Å². The Hall–Kier alpha value is -3.60. The average Bonchev–Trinajstić information content (AvgIpc) is 3.18. The van der Waals surface area contributed by atoms with Crippen LogP contribution in [-0.2, 0) is 0 Å². The zero-order valence-electron chi connectivity index (χ0n) is 16.0. The monoisotopic (exact) mass is 388 g/mol. The van der Waals surface area contributed by atoms with Crippen molar-refractivity contribution in [3.05, 3.63) is 102 Å². The first kappa shape index (κ1) is 18.7. The lowest BCUT2D eigenvalue weighted by molar-refractivity contribution is 0.0952. The van der Waals surface area contributed by atoms with Crippen LogP contribution in [0.5, 0.6) is 5.75 Å². The number of nitrogens with one attached hydrogen (secondary N) is 2. The second kappa shape index (κ2) is 8.19. The van der Waals surface area contributed by atoms with Crippen LogP contribution in [0.2, 0.25) is 0 Å². The molecule has 4 nitrogen and oxygen atoms in total. The zero-order valence-corrected chi connectivity index (χ0v) is 16.0. The fourth-order valence-electron chi connectivity index (χ4n) is 3.58. The molecule has 0 spiro atoms. The first-order valence-corrected chi connectivity index (χ1v) is 9.40. The third-order valence-electron chi connectivity index (χ3n) is 5.08. The van der Waals surface area contributed by atoms with Crippen LogP contribution >= 0.6 is 0 Å². The highest BCUT2D eigenvalue weighted by Gasteiger charge is 2.19. The number of fused-ring (bicyclic) bond motifs is 1. The summed E-state index contributed by atoms with van der Waals surface area (Å²) in [5.74, 6) is -0.814. The van der Waals surface area contributed by atoms with Crippen molar-refractivity contribution >= 4 is 16.8 Å². The van der Waals surface area contributed by atoms with E-state index in [1.807, 2.05) is 54.7 Å². The Labute approximate surface area is 168 Å². The Balaban J connectivity index is 1.61. The van der Waals surface area contributed by atoms with Crippen LogP contribution in [0, 0.1) is 5.82 Å². The molecule has 0 aliphatic carbocycles. The number of methoxy groups -OCH3 is 1. The minimum atomic E-state index is -0.559. The Morgan fingerprint density at radius 2 is 1.83 bits per heavy atom. The van der Waals surface area contributed by atoms with Gasteiger partial charge < -0.3 is 15.0 Å². The first-order valence-electron chi connectivity index (χ1n) is 9.40. The molecule has 146 valence electrons.